The minimum Gasteiger partial charge on any atom is -0.548 e. The third-order valence-electron chi connectivity index (χ3n) is 1.85. The average molecular weight is 231 g/mol. The van der Waals surface area contributed by atoms with E-state index in [0.29, 0.717) is 6.42 Å². The number of amides is 2. The van der Waals surface area contributed by atoms with Gasteiger partial charge in [0, 0.05) is 6.54 Å². The first-order valence-electron chi connectivity index (χ1n) is 5.26. The number of hydrogen-bond acceptors (Lipinski definition) is 4. The molecule has 2 amide bonds. The van der Waals surface area contributed by atoms with E-state index in [0.717, 1.165) is 0 Å². The summed E-state index contributed by atoms with van der Waals surface area (Å²) < 4.78 is 0. The van der Waals surface area contributed by atoms with Crippen LogP contribution in [0.15, 0.2) is 0 Å². The zero-order chi connectivity index (χ0) is 12.7. The number of carboxylic acid groups (broad SMARTS) is 1. The lowest BCUT2D eigenvalue weighted by atomic mass is 10.0. The lowest BCUT2D eigenvalue weighted by molar-refractivity contribution is -0.308. The number of aliphatic hydroxyl groups excluding tert-OH is 1. The van der Waals surface area contributed by atoms with Gasteiger partial charge in [-0.25, -0.2) is 4.79 Å². The highest BCUT2D eigenvalue weighted by Crippen LogP contribution is 2.03. The van der Waals surface area contributed by atoms with Gasteiger partial charge in [0.05, 0.1) is 18.1 Å². The summed E-state index contributed by atoms with van der Waals surface area (Å²) in [6, 6.07) is -1.62. The molecule has 0 aromatic carbocycles. The first kappa shape index (κ1) is 14.7. The molecule has 16 heavy (non-hydrogen) atoms. The van der Waals surface area contributed by atoms with Gasteiger partial charge < -0.3 is 25.6 Å². The Balaban J connectivity index is 4.08. The number of aliphatic hydroxyl groups is 1. The summed E-state index contributed by atoms with van der Waals surface area (Å²) in [5, 5.41) is 24.3. The second-order valence-corrected chi connectivity index (χ2v) is 4.20. The van der Waals surface area contributed by atoms with Crippen LogP contribution in [0, 0.1) is 5.92 Å². The maximum absolute atomic E-state index is 11.2. The molecule has 94 valence electrons. The molecule has 0 saturated heterocycles. The molecule has 0 spiro atoms. The zero-order valence-corrected chi connectivity index (χ0v) is 9.82. The van der Waals surface area contributed by atoms with Gasteiger partial charge in [0.15, 0.2) is 0 Å². The molecule has 0 aliphatic rings. The average Bonchev–Trinajstić information content (AvgIpc) is 2.12. The Kier molecular flexibility index (Phi) is 6.48. The first-order valence-corrected chi connectivity index (χ1v) is 5.26. The highest BCUT2D eigenvalue weighted by Gasteiger charge is 2.14. The van der Waals surface area contributed by atoms with Gasteiger partial charge in [-0.15, -0.1) is 0 Å². The number of urea groups is 1. The molecule has 0 heterocycles. The molecule has 6 nitrogen and oxygen atoms in total. The van der Waals surface area contributed by atoms with Crippen molar-refractivity contribution in [3.05, 3.63) is 0 Å². The molecule has 3 N–H and O–H groups in total. The summed E-state index contributed by atoms with van der Waals surface area (Å²) in [6.45, 7) is 5.30. The number of carbonyl (C=O) groups is 2. The molecule has 0 aliphatic heterocycles. The van der Waals surface area contributed by atoms with E-state index in [1.165, 1.54) is 6.92 Å². The molecule has 0 fully saturated rings. The Morgan fingerprint density at radius 1 is 1.31 bits per heavy atom. The normalized spacial score (nSPS) is 14.3. The SMILES string of the molecule is CC(C)C[C@@H](NC(=O)NC[C@H](C)O)C(=O)[O-]. The highest BCUT2D eigenvalue weighted by atomic mass is 16.4. The largest absolute Gasteiger partial charge is 0.548 e. The van der Waals surface area contributed by atoms with E-state index in [1.54, 1.807) is 0 Å². The van der Waals surface area contributed by atoms with E-state index in [4.69, 9.17) is 5.11 Å². The number of hydrogen-bond donors (Lipinski definition) is 3. The van der Waals surface area contributed by atoms with E-state index in [1.807, 2.05) is 13.8 Å². The number of rotatable bonds is 6. The fraction of sp³-hybridized carbons (Fsp3) is 0.800. The van der Waals surface area contributed by atoms with Crippen molar-refractivity contribution in [2.45, 2.75) is 39.3 Å². The van der Waals surface area contributed by atoms with Crippen LogP contribution >= 0.6 is 0 Å². The van der Waals surface area contributed by atoms with Gasteiger partial charge >= 0.3 is 6.03 Å². The summed E-state index contributed by atoms with van der Waals surface area (Å²) in [4.78, 5) is 21.9. The summed E-state index contributed by atoms with van der Waals surface area (Å²) in [5.41, 5.74) is 0. The van der Waals surface area contributed by atoms with Crippen LogP contribution in [0.5, 0.6) is 0 Å². The minimum atomic E-state index is -1.30. The number of aliphatic carboxylic acids is 1. The van der Waals surface area contributed by atoms with Crippen LogP contribution in [0.2, 0.25) is 0 Å². The lowest BCUT2D eigenvalue weighted by Gasteiger charge is -2.21. The maximum atomic E-state index is 11.2. The quantitative estimate of drug-likeness (QED) is 0.536. The standard InChI is InChI=1S/C10H20N2O4/c1-6(2)4-8(9(14)15)12-10(16)11-5-7(3)13/h6-8,13H,4-5H2,1-3H3,(H,14,15)(H2,11,12,16)/p-1/t7-,8+/m0/s1. The van der Waals surface area contributed by atoms with E-state index in [2.05, 4.69) is 10.6 Å². The number of carboxylic acids is 1. The molecule has 0 radical (unpaired) electrons. The van der Waals surface area contributed by atoms with Crippen molar-refractivity contribution in [3.8, 4) is 0 Å². The van der Waals surface area contributed by atoms with E-state index >= 15 is 0 Å². The fourth-order valence-electron chi connectivity index (χ4n) is 1.14. The summed E-state index contributed by atoms with van der Waals surface area (Å²) >= 11 is 0. The molecule has 2 atom stereocenters. The summed E-state index contributed by atoms with van der Waals surface area (Å²) in [7, 11) is 0. The van der Waals surface area contributed by atoms with Crippen LogP contribution in [0.3, 0.4) is 0 Å². The third kappa shape index (κ3) is 7.05. The molecule has 0 aromatic rings. The predicted molar refractivity (Wildman–Crippen MR) is 56.5 cm³/mol. The van der Waals surface area contributed by atoms with Gasteiger partial charge in [0.25, 0.3) is 0 Å². The summed E-state index contributed by atoms with van der Waals surface area (Å²) in [5.74, 6) is -1.17. The van der Waals surface area contributed by atoms with Gasteiger partial charge in [-0.05, 0) is 19.3 Å². The van der Waals surface area contributed by atoms with Crippen molar-refractivity contribution in [2.24, 2.45) is 5.92 Å². The van der Waals surface area contributed by atoms with E-state index in [-0.39, 0.29) is 12.5 Å². The van der Waals surface area contributed by atoms with E-state index in [9.17, 15) is 14.7 Å². The molecule has 0 bridgehead atoms. The Morgan fingerprint density at radius 3 is 2.25 bits per heavy atom. The third-order valence-corrected chi connectivity index (χ3v) is 1.85. The number of nitrogens with one attached hydrogen (secondary N) is 2. The fourth-order valence-corrected chi connectivity index (χ4v) is 1.14. The first-order chi connectivity index (χ1) is 7.32. The Labute approximate surface area is 95.0 Å². The smallest absolute Gasteiger partial charge is 0.315 e. The minimum absolute atomic E-state index is 0.0767. The molecule has 0 aromatic heterocycles. The van der Waals surface area contributed by atoms with Crippen molar-refractivity contribution in [1.82, 2.24) is 10.6 Å². The molecule has 0 saturated carbocycles. The van der Waals surface area contributed by atoms with Crippen LogP contribution in [0.1, 0.15) is 27.2 Å². The monoisotopic (exact) mass is 231 g/mol. The lowest BCUT2D eigenvalue weighted by Crippen LogP contribution is -2.52. The Hall–Kier alpha value is -1.30. The predicted octanol–water partition coefficient (Wildman–Crippen LogP) is -1.17. The van der Waals surface area contributed by atoms with Crippen molar-refractivity contribution >= 4 is 12.0 Å². The maximum Gasteiger partial charge on any atom is 0.315 e. The number of carbonyl (C=O) groups excluding carboxylic acids is 2. The molecule has 0 aliphatic carbocycles. The van der Waals surface area contributed by atoms with Crippen molar-refractivity contribution in [2.75, 3.05) is 6.54 Å². The van der Waals surface area contributed by atoms with Crippen molar-refractivity contribution in [1.29, 1.82) is 0 Å². The van der Waals surface area contributed by atoms with Crippen LogP contribution in [-0.2, 0) is 4.79 Å². The molecule has 6 heteroatoms. The second-order valence-electron chi connectivity index (χ2n) is 4.20. The summed E-state index contributed by atoms with van der Waals surface area (Å²) in [6.07, 6.45) is -0.359. The Bertz CT molecular complexity index is 241. The van der Waals surface area contributed by atoms with Gasteiger partial charge in [-0.2, -0.15) is 0 Å². The Morgan fingerprint density at radius 2 is 1.88 bits per heavy atom. The van der Waals surface area contributed by atoms with Crippen LogP contribution in [0.4, 0.5) is 4.79 Å². The van der Waals surface area contributed by atoms with Gasteiger partial charge in [0.1, 0.15) is 0 Å². The molecule has 0 rings (SSSR count). The molecular weight excluding hydrogens is 212 g/mol. The zero-order valence-electron chi connectivity index (χ0n) is 9.82. The second kappa shape index (κ2) is 7.05. The van der Waals surface area contributed by atoms with Crippen molar-refractivity contribution < 1.29 is 19.8 Å². The van der Waals surface area contributed by atoms with Crippen LogP contribution in [0.25, 0.3) is 0 Å². The van der Waals surface area contributed by atoms with E-state index < -0.39 is 24.1 Å². The van der Waals surface area contributed by atoms with Crippen molar-refractivity contribution in [3.63, 3.8) is 0 Å². The van der Waals surface area contributed by atoms with Gasteiger partial charge in [-0.1, -0.05) is 13.8 Å². The van der Waals surface area contributed by atoms with Crippen LogP contribution < -0.4 is 15.7 Å². The topological polar surface area (TPSA) is 101 Å². The van der Waals surface area contributed by atoms with Gasteiger partial charge in [0.2, 0.25) is 0 Å². The van der Waals surface area contributed by atoms with Gasteiger partial charge in [-0.3, -0.25) is 0 Å². The molecule has 0 unspecified atom stereocenters. The van der Waals surface area contributed by atoms with Crippen LogP contribution in [-0.4, -0.2) is 35.8 Å². The highest BCUT2D eigenvalue weighted by molar-refractivity contribution is 5.81. The molecular formula is C10H19N2O4-.